The lowest BCUT2D eigenvalue weighted by molar-refractivity contribution is -0.111. The second-order valence-electron chi connectivity index (χ2n) is 5.02. The zero-order valence-electron chi connectivity index (χ0n) is 13.1. The summed E-state index contributed by atoms with van der Waals surface area (Å²) in [5.74, 6) is 0.575. The Kier molecular flexibility index (Phi) is 6.22. The smallest absolute Gasteiger partial charge is 0.250 e. The summed E-state index contributed by atoms with van der Waals surface area (Å²) in [4.78, 5) is 11.9. The van der Waals surface area contributed by atoms with Crippen LogP contribution in [0.4, 0.5) is 5.13 Å². The molecule has 0 aliphatic rings. The average Bonchev–Trinajstić information content (AvgIpc) is 3.08. The Balaban J connectivity index is 1.52. The highest BCUT2D eigenvalue weighted by molar-refractivity contribution is 8.00. The van der Waals surface area contributed by atoms with Gasteiger partial charge in [0.05, 0.1) is 0 Å². The molecule has 0 bridgehead atoms. The summed E-state index contributed by atoms with van der Waals surface area (Å²) in [6.45, 7) is 0. The van der Waals surface area contributed by atoms with Crippen LogP contribution in [-0.4, -0.2) is 16.1 Å². The Morgan fingerprint density at radius 1 is 1.12 bits per heavy atom. The summed E-state index contributed by atoms with van der Waals surface area (Å²) in [7, 11) is 0. The number of thioether (sulfide) groups is 1. The highest BCUT2D eigenvalue weighted by Gasteiger charge is 2.07. The third-order valence-electron chi connectivity index (χ3n) is 3.14. The van der Waals surface area contributed by atoms with Crippen molar-refractivity contribution in [3.05, 3.63) is 76.8 Å². The topological polar surface area (TPSA) is 54.9 Å². The van der Waals surface area contributed by atoms with Crippen molar-refractivity contribution in [2.24, 2.45) is 0 Å². The fraction of sp³-hybridized carbons (Fsp3) is 0.0556. The van der Waals surface area contributed by atoms with E-state index in [9.17, 15) is 4.79 Å². The van der Waals surface area contributed by atoms with Gasteiger partial charge in [-0.15, -0.1) is 10.2 Å². The van der Waals surface area contributed by atoms with E-state index >= 15 is 0 Å². The third kappa shape index (κ3) is 5.70. The Morgan fingerprint density at radius 2 is 1.88 bits per heavy atom. The molecule has 2 aromatic carbocycles. The van der Waals surface area contributed by atoms with Crippen LogP contribution in [0.3, 0.4) is 0 Å². The number of aromatic nitrogens is 2. The van der Waals surface area contributed by atoms with Crippen LogP contribution < -0.4 is 5.32 Å². The SMILES string of the molecule is O=C(/C=C/c1ccc(Cl)cc1)Nc1nnc(SCc2ccccc2)s1. The van der Waals surface area contributed by atoms with Crippen LogP contribution >= 0.6 is 34.7 Å². The first kappa shape index (κ1) is 17.7. The molecular weight excluding hydrogens is 374 g/mol. The standard InChI is InChI=1S/C18H14ClN3OS2/c19-15-9-6-13(7-10-15)8-11-16(23)20-17-21-22-18(25-17)24-12-14-4-2-1-3-5-14/h1-11H,12H2,(H,20,21,23)/b11-8+. The number of anilines is 1. The molecule has 1 N–H and O–H groups in total. The van der Waals surface area contributed by atoms with Gasteiger partial charge in [-0.25, -0.2) is 0 Å². The van der Waals surface area contributed by atoms with Gasteiger partial charge in [0.2, 0.25) is 11.0 Å². The van der Waals surface area contributed by atoms with Gasteiger partial charge in [0.25, 0.3) is 0 Å². The summed E-state index contributed by atoms with van der Waals surface area (Å²) in [6, 6.07) is 17.4. The maximum Gasteiger partial charge on any atom is 0.250 e. The van der Waals surface area contributed by atoms with Crippen molar-refractivity contribution in [2.75, 3.05) is 5.32 Å². The van der Waals surface area contributed by atoms with Gasteiger partial charge in [-0.1, -0.05) is 77.2 Å². The molecule has 3 aromatic rings. The highest BCUT2D eigenvalue weighted by Crippen LogP contribution is 2.28. The first-order chi connectivity index (χ1) is 12.2. The summed E-state index contributed by atoms with van der Waals surface area (Å²) in [5.41, 5.74) is 2.12. The molecular formula is C18H14ClN3OS2. The van der Waals surface area contributed by atoms with Crippen molar-refractivity contribution < 1.29 is 4.79 Å². The predicted molar refractivity (Wildman–Crippen MR) is 105 cm³/mol. The van der Waals surface area contributed by atoms with Gasteiger partial charge in [-0.05, 0) is 29.3 Å². The number of amides is 1. The van der Waals surface area contributed by atoms with E-state index in [-0.39, 0.29) is 5.91 Å². The zero-order valence-corrected chi connectivity index (χ0v) is 15.4. The zero-order chi connectivity index (χ0) is 17.5. The van der Waals surface area contributed by atoms with E-state index in [1.54, 1.807) is 30.0 Å². The van der Waals surface area contributed by atoms with Gasteiger partial charge in [-0.2, -0.15) is 0 Å². The van der Waals surface area contributed by atoms with Gasteiger partial charge in [-0.3, -0.25) is 10.1 Å². The molecule has 1 heterocycles. The Morgan fingerprint density at radius 3 is 2.64 bits per heavy atom. The van der Waals surface area contributed by atoms with Crippen LogP contribution in [0.5, 0.6) is 0 Å². The molecule has 1 amide bonds. The predicted octanol–water partition coefficient (Wildman–Crippen LogP) is 5.14. The lowest BCUT2D eigenvalue weighted by Crippen LogP contribution is -2.07. The second kappa shape index (κ2) is 8.80. The summed E-state index contributed by atoms with van der Waals surface area (Å²) in [6.07, 6.45) is 3.18. The normalized spacial score (nSPS) is 10.9. The van der Waals surface area contributed by atoms with Crippen LogP contribution in [0.2, 0.25) is 5.02 Å². The molecule has 0 atom stereocenters. The second-order valence-corrected chi connectivity index (χ2v) is 7.66. The maximum atomic E-state index is 11.9. The van der Waals surface area contributed by atoms with Crippen molar-refractivity contribution in [2.45, 2.75) is 10.1 Å². The van der Waals surface area contributed by atoms with Crippen LogP contribution in [0.15, 0.2) is 65.0 Å². The van der Waals surface area contributed by atoms with Crippen LogP contribution in [0.1, 0.15) is 11.1 Å². The van der Waals surface area contributed by atoms with Crippen molar-refractivity contribution in [3.63, 3.8) is 0 Å². The highest BCUT2D eigenvalue weighted by atomic mass is 35.5. The number of carbonyl (C=O) groups is 1. The average molecular weight is 388 g/mol. The molecule has 0 aliphatic heterocycles. The summed E-state index contributed by atoms with van der Waals surface area (Å²) in [5, 5.41) is 12.0. The fourth-order valence-corrected chi connectivity index (χ4v) is 3.77. The first-order valence-corrected chi connectivity index (χ1v) is 9.62. The number of nitrogens with one attached hydrogen (secondary N) is 1. The number of nitrogens with zero attached hydrogens (tertiary/aromatic N) is 2. The van der Waals surface area contributed by atoms with Gasteiger partial charge in [0.15, 0.2) is 4.34 Å². The number of halogens is 1. The van der Waals surface area contributed by atoms with Crippen LogP contribution in [-0.2, 0) is 10.5 Å². The monoisotopic (exact) mass is 387 g/mol. The number of carbonyl (C=O) groups excluding carboxylic acids is 1. The Hall–Kier alpha value is -2.15. The minimum absolute atomic E-state index is 0.245. The first-order valence-electron chi connectivity index (χ1n) is 7.44. The van der Waals surface area contributed by atoms with Crippen LogP contribution in [0.25, 0.3) is 6.08 Å². The Bertz CT molecular complexity index is 864. The molecule has 1 aromatic heterocycles. The number of hydrogen-bond acceptors (Lipinski definition) is 5. The van der Waals surface area contributed by atoms with E-state index in [4.69, 9.17) is 11.6 Å². The minimum atomic E-state index is -0.245. The molecule has 0 radical (unpaired) electrons. The van der Waals surface area contributed by atoms with Gasteiger partial charge < -0.3 is 0 Å². The molecule has 0 saturated heterocycles. The molecule has 7 heteroatoms. The molecule has 0 fully saturated rings. The van der Waals surface area contributed by atoms with E-state index in [0.717, 1.165) is 15.7 Å². The largest absolute Gasteiger partial charge is 0.297 e. The van der Waals surface area contributed by atoms with E-state index in [0.29, 0.717) is 10.2 Å². The fourth-order valence-electron chi connectivity index (χ4n) is 1.93. The van der Waals surface area contributed by atoms with E-state index < -0.39 is 0 Å². The van der Waals surface area contributed by atoms with Crippen LogP contribution in [0, 0.1) is 0 Å². The number of rotatable bonds is 6. The van der Waals surface area contributed by atoms with Crippen molar-refractivity contribution in [1.29, 1.82) is 0 Å². The number of hydrogen-bond donors (Lipinski definition) is 1. The van der Waals surface area contributed by atoms with E-state index in [2.05, 4.69) is 27.6 Å². The molecule has 0 aliphatic carbocycles. The van der Waals surface area contributed by atoms with Crippen molar-refractivity contribution in [3.8, 4) is 0 Å². The lowest BCUT2D eigenvalue weighted by atomic mass is 10.2. The summed E-state index contributed by atoms with van der Waals surface area (Å²) >= 11 is 8.79. The molecule has 4 nitrogen and oxygen atoms in total. The quantitative estimate of drug-likeness (QED) is 0.361. The molecule has 0 spiro atoms. The lowest BCUT2D eigenvalue weighted by Gasteiger charge is -1.97. The minimum Gasteiger partial charge on any atom is -0.297 e. The summed E-state index contributed by atoms with van der Waals surface area (Å²) < 4.78 is 0.820. The third-order valence-corrected chi connectivity index (χ3v) is 5.43. The number of benzene rings is 2. The van der Waals surface area contributed by atoms with E-state index in [1.807, 2.05) is 30.3 Å². The molecule has 0 unspecified atom stereocenters. The van der Waals surface area contributed by atoms with Gasteiger partial charge in [0, 0.05) is 16.9 Å². The molecule has 3 rings (SSSR count). The Labute approximate surface area is 159 Å². The molecule has 25 heavy (non-hydrogen) atoms. The van der Waals surface area contributed by atoms with Gasteiger partial charge >= 0.3 is 0 Å². The van der Waals surface area contributed by atoms with Crippen molar-refractivity contribution >= 4 is 51.8 Å². The maximum absolute atomic E-state index is 11.9. The van der Waals surface area contributed by atoms with Gasteiger partial charge in [0.1, 0.15) is 0 Å². The molecule has 0 saturated carbocycles. The molecule has 126 valence electrons. The van der Waals surface area contributed by atoms with Crippen molar-refractivity contribution in [1.82, 2.24) is 10.2 Å². The van der Waals surface area contributed by atoms with E-state index in [1.165, 1.54) is 23.0 Å².